The molecule has 0 bridgehead atoms. The highest BCUT2D eigenvalue weighted by Gasteiger charge is 2.31. The maximum Gasteiger partial charge on any atom is 0.326 e. The fourth-order valence-electron chi connectivity index (χ4n) is 3.86. The Kier molecular flexibility index (Phi) is 15.3. The standard InChI is InChI=1S/C27H40N6O11/c1-13(2)8-19(27(43)44)32-25(41)18(10-22(38)39)30-21(37)12-29-24(40)17(9-15-4-6-16(35)7-5-15)31-26(42)23(14(3)34)33-20(36)11-28/h4-7,13-14,17-19,23,34-35H,8-12,28H2,1-3H3,(H,29,40)(H,30,37)(H,31,42)(H,32,41)(H,33,36)(H,38,39)(H,43,44)/t14-,17+,18+,19+,23+/m1/s1. The molecule has 1 aromatic carbocycles. The molecule has 0 aromatic heterocycles. The minimum atomic E-state index is -1.67. The number of aromatic hydroxyl groups is 1. The first-order valence-electron chi connectivity index (χ1n) is 13.6. The molecule has 0 fully saturated rings. The molecule has 0 saturated heterocycles. The van der Waals surface area contributed by atoms with E-state index >= 15 is 0 Å². The number of carbonyl (C=O) groups is 7. The zero-order valence-electron chi connectivity index (χ0n) is 24.5. The van der Waals surface area contributed by atoms with Gasteiger partial charge in [-0.3, -0.25) is 28.8 Å². The number of phenols is 1. The van der Waals surface area contributed by atoms with Crippen molar-refractivity contribution in [3.63, 3.8) is 0 Å². The van der Waals surface area contributed by atoms with E-state index in [4.69, 9.17) is 5.73 Å². The second-order valence-corrected chi connectivity index (χ2v) is 10.4. The summed E-state index contributed by atoms with van der Waals surface area (Å²) in [5, 5.41) is 49.3. The van der Waals surface area contributed by atoms with Crippen LogP contribution >= 0.6 is 0 Å². The lowest BCUT2D eigenvalue weighted by atomic mass is 10.0. The van der Waals surface area contributed by atoms with Gasteiger partial charge in [-0.2, -0.15) is 0 Å². The van der Waals surface area contributed by atoms with Crippen molar-refractivity contribution in [2.75, 3.05) is 13.1 Å². The zero-order valence-corrected chi connectivity index (χ0v) is 24.5. The molecular weight excluding hydrogens is 584 g/mol. The number of aliphatic hydroxyl groups is 1. The smallest absolute Gasteiger partial charge is 0.326 e. The molecule has 0 aliphatic rings. The Hall–Kier alpha value is -4.77. The molecule has 0 spiro atoms. The molecule has 44 heavy (non-hydrogen) atoms. The molecule has 1 aromatic rings. The molecular formula is C27H40N6O11. The summed E-state index contributed by atoms with van der Waals surface area (Å²) >= 11 is 0. The number of carboxylic acids is 2. The van der Waals surface area contributed by atoms with Crippen molar-refractivity contribution in [1.82, 2.24) is 26.6 Å². The highest BCUT2D eigenvalue weighted by Crippen LogP contribution is 2.12. The Morgan fingerprint density at radius 2 is 1.36 bits per heavy atom. The van der Waals surface area contributed by atoms with Crippen molar-refractivity contribution in [3.8, 4) is 5.75 Å². The Balaban J connectivity index is 3.04. The van der Waals surface area contributed by atoms with Crippen LogP contribution in [0, 0.1) is 5.92 Å². The SMILES string of the molecule is CC(C)C[C@H](NC(=O)[C@H](CC(=O)O)NC(=O)CNC(=O)[C@H](Cc1ccc(O)cc1)NC(=O)[C@@H](NC(=O)CN)[C@@H](C)O)C(=O)O. The van der Waals surface area contributed by atoms with Gasteiger partial charge in [0.2, 0.25) is 29.5 Å². The highest BCUT2D eigenvalue weighted by atomic mass is 16.4. The van der Waals surface area contributed by atoms with Crippen molar-refractivity contribution in [2.24, 2.45) is 11.7 Å². The molecule has 11 N–H and O–H groups in total. The van der Waals surface area contributed by atoms with E-state index in [1.165, 1.54) is 31.2 Å². The van der Waals surface area contributed by atoms with Crippen molar-refractivity contribution < 1.29 is 54.0 Å². The van der Waals surface area contributed by atoms with Gasteiger partial charge in [0.25, 0.3) is 0 Å². The average molecular weight is 625 g/mol. The molecule has 5 atom stereocenters. The van der Waals surface area contributed by atoms with Crippen molar-refractivity contribution in [3.05, 3.63) is 29.8 Å². The van der Waals surface area contributed by atoms with Gasteiger partial charge in [0.05, 0.1) is 25.6 Å². The highest BCUT2D eigenvalue weighted by molar-refractivity contribution is 5.96. The topological polar surface area (TPSA) is 287 Å². The quantitative estimate of drug-likeness (QED) is 0.0779. The molecule has 0 saturated carbocycles. The van der Waals surface area contributed by atoms with Gasteiger partial charge in [-0.05, 0) is 37.0 Å². The third-order valence-corrected chi connectivity index (χ3v) is 6.05. The molecule has 17 nitrogen and oxygen atoms in total. The van der Waals surface area contributed by atoms with E-state index in [1.54, 1.807) is 13.8 Å². The molecule has 244 valence electrons. The maximum atomic E-state index is 13.1. The third kappa shape index (κ3) is 13.5. The number of carbonyl (C=O) groups excluding carboxylic acids is 5. The van der Waals surface area contributed by atoms with Crippen LogP contribution in [-0.4, -0.2) is 105 Å². The van der Waals surface area contributed by atoms with Crippen molar-refractivity contribution in [2.45, 2.75) is 70.3 Å². The number of hydrogen-bond donors (Lipinski definition) is 10. The van der Waals surface area contributed by atoms with Crippen LogP contribution in [0.3, 0.4) is 0 Å². The summed E-state index contributed by atoms with van der Waals surface area (Å²) < 4.78 is 0. The van der Waals surface area contributed by atoms with Gasteiger partial charge in [-0.1, -0.05) is 26.0 Å². The van der Waals surface area contributed by atoms with Crippen LogP contribution in [0.25, 0.3) is 0 Å². The van der Waals surface area contributed by atoms with Crippen LogP contribution in [0.1, 0.15) is 39.2 Å². The first-order valence-corrected chi connectivity index (χ1v) is 13.6. The average Bonchev–Trinajstić information content (AvgIpc) is 2.93. The lowest BCUT2D eigenvalue weighted by molar-refractivity contribution is -0.143. The Morgan fingerprint density at radius 3 is 1.86 bits per heavy atom. The number of amides is 5. The lowest BCUT2D eigenvalue weighted by Crippen LogP contribution is -2.59. The predicted molar refractivity (Wildman–Crippen MR) is 153 cm³/mol. The first kappa shape index (κ1) is 37.3. The minimum absolute atomic E-state index is 0.0465. The van der Waals surface area contributed by atoms with Crippen LogP contribution in [-0.2, 0) is 40.0 Å². The van der Waals surface area contributed by atoms with E-state index in [0.717, 1.165) is 0 Å². The molecule has 0 aliphatic heterocycles. The second-order valence-electron chi connectivity index (χ2n) is 10.4. The zero-order chi connectivity index (χ0) is 33.6. The van der Waals surface area contributed by atoms with Crippen LogP contribution in [0.2, 0.25) is 0 Å². The van der Waals surface area contributed by atoms with Gasteiger partial charge in [-0.25, -0.2) is 4.79 Å². The van der Waals surface area contributed by atoms with E-state index < -0.39 is 91.3 Å². The monoisotopic (exact) mass is 624 g/mol. The van der Waals surface area contributed by atoms with E-state index in [0.29, 0.717) is 5.56 Å². The van der Waals surface area contributed by atoms with E-state index in [9.17, 15) is 54.0 Å². The second kappa shape index (κ2) is 18.0. The Labute approximate surface area is 252 Å². The summed E-state index contributed by atoms with van der Waals surface area (Å²) in [4.78, 5) is 85.8. The molecule has 1 rings (SSSR count). The van der Waals surface area contributed by atoms with Crippen LogP contribution in [0.15, 0.2) is 24.3 Å². The fourth-order valence-corrected chi connectivity index (χ4v) is 3.86. The Bertz CT molecular complexity index is 1190. The minimum Gasteiger partial charge on any atom is -0.508 e. The number of phenolic OH excluding ortho intramolecular Hbond substituents is 1. The maximum absolute atomic E-state index is 13.1. The molecule has 0 aliphatic carbocycles. The number of hydrogen-bond acceptors (Lipinski definition) is 10. The molecule has 5 amide bonds. The van der Waals surface area contributed by atoms with E-state index in [2.05, 4.69) is 26.6 Å². The lowest BCUT2D eigenvalue weighted by Gasteiger charge is -2.25. The van der Waals surface area contributed by atoms with E-state index in [-0.39, 0.29) is 24.5 Å². The molecule has 17 heteroatoms. The molecule has 0 unspecified atom stereocenters. The molecule has 0 radical (unpaired) electrons. The summed E-state index contributed by atoms with van der Waals surface area (Å²) in [6.07, 6.45) is -2.38. The number of carboxylic acid groups (broad SMARTS) is 2. The van der Waals surface area contributed by atoms with Gasteiger partial charge >= 0.3 is 11.9 Å². The summed E-state index contributed by atoms with van der Waals surface area (Å²) in [6, 6.07) is -0.250. The first-order chi connectivity index (χ1) is 20.5. The summed E-state index contributed by atoms with van der Waals surface area (Å²) in [6.45, 7) is 3.42. The number of aliphatic carboxylic acids is 2. The van der Waals surface area contributed by atoms with Crippen molar-refractivity contribution in [1.29, 1.82) is 0 Å². The van der Waals surface area contributed by atoms with Crippen molar-refractivity contribution >= 4 is 41.5 Å². The summed E-state index contributed by atoms with van der Waals surface area (Å²) in [7, 11) is 0. The number of aliphatic hydroxyl groups excluding tert-OH is 1. The number of rotatable bonds is 18. The number of benzene rings is 1. The van der Waals surface area contributed by atoms with Gasteiger partial charge < -0.3 is 52.7 Å². The molecule has 0 heterocycles. The largest absolute Gasteiger partial charge is 0.508 e. The van der Waals surface area contributed by atoms with Crippen LogP contribution in [0.5, 0.6) is 5.75 Å². The summed E-state index contributed by atoms with van der Waals surface area (Å²) in [5.74, 6) is -7.64. The van der Waals surface area contributed by atoms with Gasteiger partial charge in [-0.15, -0.1) is 0 Å². The van der Waals surface area contributed by atoms with Gasteiger partial charge in [0, 0.05) is 6.42 Å². The predicted octanol–water partition coefficient (Wildman–Crippen LogP) is -3.06. The van der Waals surface area contributed by atoms with Crippen LogP contribution in [0.4, 0.5) is 0 Å². The summed E-state index contributed by atoms with van der Waals surface area (Å²) in [5.41, 5.74) is 5.73. The normalized spacial score (nSPS) is 14.2. The van der Waals surface area contributed by atoms with Gasteiger partial charge in [0.1, 0.15) is 29.9 Å². The Morgan fingerprint density at radius 1 is 0.773 bits per heavy atom. The van der Waals surface area contributed by atoms with E-state index in [1.807, 2.05) is 0 Å². The third-order valence-electron chi connectivity index (χ3n) is 6.05. The number of nitrogens with one attached hydrogen (secondary N) is 5. The number of nitrogens with two attached hydrogens (primary N) is 1. The van der Waals surface area contributed by atoms with Crippen LogP contribution < -0.4 is 32.3 Å². The fraction of sp³-hybridized carbons (Fsp3) is 0.519. The van der Waals surface area contributed by atoms with Gasteiger partial charge in [0.15, 0.2) is 0 Å².